The highest BCUT2D eigenvalue weighted by Crippen LogP contribution is 2.04. The fourth-order valence-electron chi connectivity index (χ4n) is 1.06. The van der Waals surface area contributed by atoms with Crippen LogP contribution in [0.25, 0.3) is 0 Å². The Kier molecular flexibility index (Phi) is 3.24. The van der Waals surface area contributed by atoms with Crippen molar-refractivity contribution in [3.05, 3.63) is 17.5 Å². The molecule has 5 heteroatoms. The van der Waals surface area contributed by atoms with Crippen molar-refractivity contribution < 1.29 is 9.90 Å². The standard InChI is InChI=1S/C9H15N3O2/c1-6(13)4-10-9(14)8-5-11-12(3)7(8)2/h5-6,13H,4H2,1-3H3,(H,10,14)/t6-/m0/s1. The highest BCUT2D eigenvalue weighted by atomic mass is 16.3. The molecule has 0 aromatic carbocycles. The van der Waals surface area contributed by atoms with E-state index in [1.807, 2.05) is 6.92 Å². The minimum absolute atomic E-state index is 0.198. The molecule has 0 radical (unpaired) electrons. The average molecular weight is 197 g/mol. The molecule has 0 bridgehead atoms. The summed E-state index contributed by atoms with van der Waals surface area (Å²) in [4.78, 5) is 11.5. The van der Waals surface area contributed by atoms with Crippen molar-refractivity contribution in [2.75, 3.05) is 6.54 Å². The third-order valence-electron chi connectivity index (χ3n) is 2.04. The molecule has 0 aliphatic carbocycles. The van der Waals surface area contributed by atoms with Crippen LogP contribution in [0.2, 0.25) is 0 Å². The number of nitrogens with one attached hydrogen (secondary N) is 1. The number of carbonyl (C=O) groups is 1. The summed E-state index contributed by atoms with van der Waals surface area (Å²) in [5.74, 6) is -0.198. The van der Waals surface area contributed by atoms with E-state index in [-0.39, 0.29) is 12.5 Å². The molecule has 0 aliphatic heterocycles. The van der Waals surface area contributed by atoms with Gasteiger partial charge >= 0.3 is 0 Å². The second-order valence-corrected chi connectivity index (χ2v) is 3.33. The van der Waals surface area contributed by atoms with Gasteiger partial charge in [0.1, 0.15) is 0 Å². The van der Waals surface area contributed by atoms with Gasteiger partial charge in [-0.25, -0.2) is 0 Å². The van der Waals surface area contributed by atoms with Crippen LogP contribution in [-0.4, -0.2) is 33.4 Å². The molecule has 5 nitrogen and oxygen atoms in total. The highest BCUT2D eigenvalue weighted by molar-refractivity contribution is 5.95. The van der Waals surface area contributed by atoms with Crippen LogP contribution in [0, 0.1) is 6.92 Å². The summed E-state index contributed by atoms with van der Waals surface area (Å²) in [5.41, 5.74) is 1.36. The zero-order valence-electron chi connectivity index (χ0n) is 8.61. The van der Waals surface area contributed by atoms with E-state index >= 15 is 0 Å². The van der Waals surface area contributed by atoms with Crippen LogP contribution < -0.4 is 5.32 Å². The van der Waals surface area contributed by atoms with Gasteiger partial charge in [-0.15, -0.1) is 0 Å². The van der Waals surface area contributed by atoms with Crippen LogP contribution in [0.1, 0.15) is 23.0 Å². The first-order valence-electron chi connectivity index (χ1n) is 4.47. The Labute approximate surface area is 82.7 Å². The van der Waals surface area contributed by atoms with Gasteiger partial charge in [-0.05, 0) is 13.8 Å². The molecule has 78 valence electrons. The number of aryl methyl sites for hydroxylation is 1. The lowest BCUT2D eigenvalue weighted by Crippen LogP contribution is -2.30. The zero-order chi connectivity index (χ0) is 10.7. The summed E-state index contributed by atoms with van der Waals surface area (Å²) >= 11 is 0. The van der Waals surface area contributed by atoms with Crippen molar-refractivity contribution in [3.8, 4) is 0 Å². The van der Waals surface area contributed by atoms with Gasteiger partial charge in [-0.1, -0.05) is 0 Å². The van der Waals surface area contributed by atoms with Crippen LogP contribution in [0.3, 0.4) is 0 Å². The quantitative estimate of drug-likeness (QED) is 0.707. The van der Waals surface area contributed by atoms with E-state index in [1.165, 1.54) is 6.20 Å². The summed E-state index contributed by atoms with van der Waals surface area (Å²) < 4.78 is 1.64. The van der Waals surface area contributed by atoms with Gasteiger partial charge < -0.3 is 10.4 Å². The second kappa shape index (κ2) is 4.23. The summed E-state index contributed by atoms with van der Waals surface area (Å²) in [6.07, 6.45) is 0.989. The number of rotatable bonds is 3. The molecule has 0 spiro atoms. The molecule has 0 saturated heterocycles. The van der Waals surface area contributed by atoms with Crippen molar-refractivity contribution >= 4 is 5.91 Å². The smallest absolute Gasteiger partial charge is 0.254 e. The topological polar surface area (TPSA) is 67.2 Å². The molecule has 1 rings (SSSR count). The number of hydrogen-bond donors (Lipinski definition) is 2. The van der Waals surface area contributed by atoms with Crippen LogP contribution in [0.15, 0.2) is 6.20 Å². The normalized spacial score (nSPS) is 12.6. The summed E-state index contributed by atoms with van der Waals surface area (Å²) in [6, 6.07) is 0. The predicted molar refractivity (Wildman–Crippen MR) is 52.0 cm³/mol. The lowest BCUT2D eigenvalue weighted by molar-refractivity contribution is 0.0923. The summed E-state index contributed by atoms with van der Waals surface area (Å²) in [6.45, 7) is 3.70. The molecule has 0 saturated carbocycles. The van der Waals surface area contributed by atoms with Crippen LogP contribution in [0.4, 0.5) is 0 Å². The van der Waals surface area contributed by atoms with E-state index in [9.17, 15) is 4.79 Å². The van der Waals surface area contributed by atoms with E-state index in [0.29, 0.717) is 5.56 Å². The third-order valence-corrected chi connectivity index (χ3v) is 2.04. The van der Waals surface area contributed by atoms with Gasteiger partial charge in [-0.2, -0.15) is 5.10 Å². The predicted octanol–water partition coefficient (Wildman–Crippen LogP) is -0.161. The maximum Gasteiger partial charge on any atom is 0.254 e. The van der Waals surface area contributed by atoms with Crippen molar-refractivity contribution in [2.24, 2.45) is 7.05 Å². The Morgan fingerprint density at radius 3 is 2.86 bits per heavy atom. The first-order valence-corrected chi connectivity index (χ1v) is 4.47. The van der Waals surface area contributed by atoms with E-state index in [2.05, 4.69) is 10.4 Å². The van der Waals surface area contributed by atoms with Gasteiger partial charge in [0.25, 0.3) is 5.91 Å². The number of aliphatic hydroxyl groups excluding tert-OH is 1. The largest absolute Gasteiger partial charge is 0.392 e. The van der Waals surface area contributed by atoms with Crippen LogP contribution in [0.5, 0.6) is 0 Å². The lowest BCUT2D eigenvalue weighted by Gasteiger charge is -2.06. The first-order chi connectivity index (χ1) is 6.52. The number of hydrogen-bond acceptors (Lipinski definition) is 3. The molecule has 1 heterocycles. The zero-order valence-corrected chi connectivity index (χ0v) is 8.61. The monoisotopic (exact) mass is 197 g/mol. The Balaban J connectivity index is 2.66. The van der Waals surface area contributed by atoms with Gasteiger partial charge in [0.15, 0.2) is 0 Å². The van der Waals surface area contributed by atoms with Gasteiger partial charge in [0, 0.05) is 19.3 Å². The molecule has 1 aromatic heterocycles. The molecule has 2 N–H and O–H groups in total. The van der Waals surface area contributed by atoms with Crippen LogP contribution >= 0.6 is 0 Å². The molecule has 0 fully saturated rings. The Hall–Kier alpha value is -1.36. The summed E-state index contributed by atoms with van der Waals surface area (Å²) in [5, 5.41) is 15.6. The van der Waals surface area contributed by atoms with Gasteiger partial charge in [0.2, 0.25) is 0 Å². The van der Waals surface area contributed by atoms with Crippen LogP contribution in [-0.2, 0) is 7.05 Å². The van der Waals surface area contributed by atoms with E-state index in [1.54, 1.807) is 18.7 Å². The summed E-state index contributed by atoms with van der Waals surface area (Å²) in [7, 11) is 1.78. The van der Waals surface area contributed by atoms with E-state index < -0.39 is 6.10 Å². The Bertz CT molecular complexity index is 331. The molecule has 0 aliphatic rings. The lowest BCUT2D eigenvalue weighted by atomic mass is 10.2. The molecular formula is C9H15N3O2. The van der Waals surface area contributed by atoms with Crippen molar-refractivity contribution in [1.29, 1.82) is 0 Å². The first kappa shape index (κ1) is 10.7. The highest BCUT2D eigenvalue weighted by Gasteiger charge is 2.12. The van der Waals surface area contributed by atoms with E-state index in [4.69, 9.17) is 5.11 Å². The molecule has 1 aromatic rings. The fourth-order valence-corrected chi connectivity index (χ4v) is 1.06. The number of nitrogens with zero attached hydrogens (tertiary/aromatic N) is 2. The molecule has 14 heavy (non-hydrogen) atoms. The SMILES string of the molecule is Cc1c(C(=O)NC[C@H](C)O)cnn1C. The Morgan fingerprint density at radius 1 is 1.79 bits per heavy atom. The second-order valence-electron chi connectivity index (χ2n) is 3.33. The molecular weight excluding hydrogens is 182 g/mol. The average Bonchev–Trinajstić information content (AvgIpc) is 2.44. The minimum atomic E-state index is -0.532. The molecule has 1 atom stereocenters. The van der Waals surface area contributed by atoms with Gasteiger partial charge in [-0.3, -0.25) is 9.48 Å². The minimum Gasteiger partial charge on any atom is -0.392 e. The van der Waals surface area contributed by atoms with E-state index in [0.717, 1.165) is 5.69 Å². The molecule has 1 amide bonds. The number of amides is 1. The Morgan fingerprint density at radius 2 is 2.43 bits per heavy atom. The number of carbonyl (C=O) groups excluding carboxylic acids is 1. The fraction of sp³-hybridized carbons (Fsp3) is 0.556. The van der Waals surface area contributed by atoms with Crippen molar-refractivity contribution in [1.82, 2.24) is 15.1 Å². The van der Waals surface area contributed by atoms with Crippen molar-refractivity contribution in [3.63, 3.8) is 0 Å². The third kappa shape index (κ3) is 2.32. The maximum atomic E-state index is 11.5. The van der Waals surface area contributed by atoms with Crippen molar-refractivity contribution in [2.45, 2.75) is 20.0 Å². The number of aromatic nitrogens is 2. The number of aliphatic hydroxyl groups is 1. The van der Waals surface area contributed by atoms with Gasteiger partial charge in [0.05, 0.1) is 17.9 Å². The maximum absolute atomic E-state index is 11.5. The molecule has 0 unspecified atom stereocenters.